The minimum atomic E-state index is 0.0465. The Morgan fingerprint density at radius 1 is 1.39 bits per heavy atom. The zero-order chi connectivity index (χ0) is 12.5. The summed E-state index contributed by atoms with van der Waals surface area (Å²) in [7, 11) is 1.66. The highest BCUT2D eigenvalue weighted by Crippen LogP contribution is 2.39. The minimum Gasteiger partial charge on any atom is -0.497 e. The van der Waals surface area contributed by atoms with Crippen LogP contribution >= 0.6 is 0 Å². The lowest BCUT2D eigenvalue weighted by Crippen LogP contribution is -2.35. The Morgan fingerprint density at radius 3 is 3.00 bits per heavy atom. The van der Waals surface area contributed by atoms with Crippen LogP contribution in [0, 0.1) is 5.92 Å². The van der Waals surface area contributed by atoms with Gasteiger partial charge in [0.1, 0.15) is 17.6 Å². The molecule has 4 heteroatoms. The van der Waals surface area contributed by atoms with Crippen LogP contribution < -0.4 is 15.2 Å². The predicted molar refractivity (Wildman–Crippen MR) is 67.9 cm³/mol. The third-order valence-corrected chi connectivity index (χ3v) is 3.88. The van der Waals surface area contributed by atoms with E-state index in [9.17, 15) is 0 Å². The van der Waals surface area contributed by atoms with Crippen molar-refractivity contribution in [1.29, 1.82) is 0 Å². The van der Waals surface area contributed by atoms with Crippen molar-refractivity contribution in [2.45, 2.75) is 25.0 Å². The second-order valence-electron chi connectivity index (χ2n) is 5.03. The Bertz CT molecular complexity index is 429. The molecule has 3 rings (SSSR count). The molecule has 4 nitrogen and oxygen atoms in total. The van der Waals surface area contributed by atoms with Gasteiger partial charge in [-0.1, -0.05) is 6.07 Å². The van der Waals surface area contributed by atoms with Crippen LogP contribution in [0.4, 0.5) is 0 Å². The van der Waals surface area contributed by atoms with E-state index in [4.69, 9.17) is 19.9 Å². The Balaban J connectivity index is 1.85. The maximum absolute atomic E-state index is 6.23. The second-order valence-corrected chi connectivity index (χ2v) is 5.03. The van der Waals surface area contributed by atoms with Gasteiger partial charge in [-0.25, -0.2) is 0 Å². The van der Waals surface area contributed by atoms with Crippen molar-refractivity contribution >= 4 is 0 Å². The quantitative estimate of drug-likeness (QED) is 0.869. The van der Waals surface area contributed by atoms with Crippen LogP contribution in [0.1, 0.15) is 24.4 Å². The van der Waals surface area contributed by atoms with Gasteiger partial charge in [-0.05, 0) is 12.5 Å². The lowest BCUT2D eigenvalue weighted by Gasteiger charge is -2.33. The minimum absolute atomic E-state index is 0.0465. The molecule has 1 aromatic rings. The van der Waals surface area contributed by atoms with Gasteiger partial charge in [0.15, 0.2) is 0 Å². The first-order chi connectivity index (χ1) is 8.78. The Labute approximate surface area is 107 Å². The van der Waals surface area contributed by atoms with E-state index in [2.05, 4.69) is 0 Å². The molecule has 0 bridgehead atoms. The van der Waals surface area contributed by atoms with Crippen molar-refractivity contribution in [2.24, 2.45) is 11.7 Å². The van der Waals surface area contributed by atoms with Gasteiger partial charge in [-0.2, -0.15) is 0 Å². The van der Waals surface area contributed by atoms with Gasteiger partial charge in [0, 0.05) is 36.6 Å². The maximum Gasteiger partial charge on any atom is 0.128 e. The van der Waals surface area contributed by atoms with Crippen molar-refractivity contribution in [3.63, 3.8) is 0 Å². The second kappa shape index (κ2) is 4.78. The number of benzene rings is 1. The number of hydrogen-bond donors (Lipinski definition) is 1. The van der Waals surface area contributed by atoms with E-state index in [1.807, 2.05) is 18.2 Å². The molecule has 1 saturated heterocycles. The van der Waals surface area contributed by atoms with E-state index in [1.165, 1.54) is 0 Å². The van der Waals surface area contributed by atoms with Gasteiger partial charge in [-0.15, -0.1) is 0 Å². The molecular weight excluding hydrogens is 230 g/mol. The standard InChI is InChI=1S/C14H19NO3/c1-16-10-2-3-11-12(15)7-13(18-14(11)6-10)9-4-5-17-8-9/h2-3,6,9,12-13H,4-5,7-8,15H2,1H3/t9?,12-,13?/m0/s1. The Morgan fingerprint density at radius 2 is 2.28 bits per heavy atom. The molecule has 2 N–H and O–H groups in total. The molecule has 0 saturated carbocycles. The number of methoxy groups -OCH3 is 1. The van der Waals surface area contributed by atoms with Gasteiger partial charge in [0.05, 0.1) is 13.7 Å². The third-order valence-electron chi connectivity index (χ3n) is 3.88. The van der Waals surface area contributed by atoms with Crippen LogP contribution in [0.2, 0.25) is 0 Å². The molecule has 3 atom stereocenters. The highest BCUT2D eigenvalue weighted by atomic mass is 16.5. The van der Waals surface area contributed by atoms with E-state index in [0.717, 1.165) is 43.1 Å². The van der Waals surface area contributed by atoms with Crippen molar-refractivity contribution in [3.05, 3.63) is 23.8 Å². The Kier molecular flexibility index (Phi) is 3.14. The van der Waals surface area contributed by atoms with Crippen molar-refractivity contribution in [3.8, 4) is 11.5 Å². The zero-order valence-electron chi connectivity index (χ0n) is 10.6. The lowest BCUT2D eigenvalue weighted by molar-refractivity contribution is 0.0852. The summed E-state index contributed by atoms with van der Waals surface area (Å²) in [5.74, 6) is 2.14. The number of hydrogen-bond acceptors (Lipinski definition) is 4. The fraction of sp³-hybridized carbons (Fsp3) is 0.571. The van der Waals surface area contributed by atoms with E-state index in [0.29, 0.717) is 5.92 Å². The number of rotatable bonds is 2. The summed E-state index contributed by atoms with van der Waals surface area (Å²) in [6.45, 7) is 1.63. The first kappa shape index (κ1) is 11.8. The summed E-state index contributed by atoms with van der Waals surface area (Å²) in [5.41, 5.74) is 7.31. The molecule has 2 aliphatic heterocycles. The molecular formula is C14H19NO3. The average molecular weight is 249 g/mol. The van der Waals surface area contributed by atoms with Crippen LogP contribution in [-0.4, -0.2) is 26.4 Å². The first-order valence-electron chi connectivity index (χ1n) is 6.46. The maximum atomic E-state index is 6.23. The molecule has 0 amide bonds. The zero-order valence-corrected chi connectivity index (χ0v) is 10.6. The summed E-state index contributed by atoms with van der Waals surface area (Å²) in [6, 6.07) is 5.91. The summed E-state index contributed by atoms with van der Waals surface area (Å²) < 4.78 is 16.8. The van der Waals surface area contributed by atoms with E-state index >= 15 is 0 Å². The van der Waals surface area contributed by atoms with Crippen LogP contribution in [0.5, 0.6) is 11.5 Å². The van der Waals surface area contributed by atoms with Gasteiger partial charge in [-0.3, -0.25) is 0 Å². The van der Waals surface area contributed by atoms with Crippen LogP contribution in [-0.2, 0) is 4.74 Å². The fourth-order valence-electron chi connectivity index (χ4n) is 2.77. The van der Waals surface area contributed by atoms with Gasteiger partial charge >= 0.3 is 0 Å². The summed E-state index contributed by atoms with van der Waals surface area (Å²) in [5, 5.41) is 0. The van der Waals surface area contributed by atoms with Crippen molar-refractivity contribution < 1.29 is 14.2 Å². The average Bonchev–Trinajstić information content (AvgIpc) is 2.91. The lowest BCUT2D eigenvalue weighted by atomic mass is 9.90. The van der Waals surface area contributed by atoms with Crippen molar-refractivity contribution in [2.75, 3.05) is 20.3 Å². The van der Waals surface area contributed by atoms with Crippen LogP contribution in [0.25, 0.3) is 0 Å². The topological polar surface area (TPSA) is 53.7 Å². The summed E-state index contributed by atoms with van der Waals surface area (Å²) in [6.07, 6.45) is 2.10. The van der Waals surface area contributed by atoms with Gasteiger partial charge < -0.3 is 19.9 Å². The monoisotopic (exact) mass is 249 g/mol. The molecule has 0 radical (unpaired) electrons. The molecule has 1 fully saturated rings. The SMILES string of the molecule is COc1ccc2c(c1)OC(C1CCOC1)C[C@@H]2N. The largest absolute Gasteiger partial charge is 0.497 e. The molecule has 98 valence electrons. The third kappa shape index (κ3) is 2.06. The molecule has 18 heavy (non-hydrogen) atoms. The highest BCUT2D eigenvalue weighted by molar-refractivity contribution is 5.43. The van der Waals surface area contributed by atoms with E-state index < -0.39 is 0 Å². The van der Waals surface area contributed by atoms with Crippen LogP contribution in [0.15, 0.2) is 18.2 Å². The summed E-state index contributed by atoms with van der Waals surface area (Å²) in [4.78, 5) is 0. The Hall–Kier alpha value is -1.26. The molecule has 2 heterocycles. The molecule has 0 spiro atoms. The highest BCUT2D eigenvalue weighted by Gasteiger charge is 2.33. The predicted octanol–water partition coefficient (Wildman–Crippen LogP) is 1.88. The molecule has 0 aliphatic carbocycles. The number of fused-ring (bicyclic) bond motifs is 1. The van der Waals surface area contributed by atoms with Crippen molar-refractivity contribution in [1.82, 2.24) is 0 Å². The normalized spacial score (nSPS) is 30.7. The van der Waals surface area contributed by atoms with Crippen LogP contribution in [0.3, 0.4) is 0 Å². The molecule has 0 aromatic heterocycles. The smallest absolute Gasteiger partial charge is 0.128 e. The van der Waals surface area contributed by atoms with E-state index in [1.54, 1.807) is 7.11 Å². The molecule has 1 aromatic carbocycles. The first-order valence-corrected chi connectivity index (χ1v) is 6.46. The summed E-state index contributed by atoms with van der Waals surface area (Å²) >= 11 is 0. The molecule has 2 unspecified atom stereocenters. The number of ether oxygens (including phenoxy) is 3. The fourth-order valence-corrected chi connectivity index (χ4v) is 2.77. The number of nitrogens with two attached hydrogens (primary N) is 1. The van der Waals surface area contributed by atoms with E-state index in [-0.39, 0.29) is 12.1 Å². The van der Waals surface area contributed by atoms with Gasteiger partial charge in [0.25, 0.3) is 0 Å². The van der Waals surface area contributed by atoms with Gasteiger partial charge in [0.2, 0.25) is 0 Å². The molecule has 2 aliphatic rings.